The van der Waals surface area contributed by atoms with E-state index in [0.29, 0.717) is 0 Å². The average Bonchev–Trinajstić information content (AvgIpc) is 2.16. The Bertz CT molecular complexity index is 110. The van der Waals surface area contributed by atoms with Gasteiger partial charge < -0.3 is 5.32 Å². The molecule has 1 rings (SSSR count). The summed E-state index contributed by atoms with van der Waals surface area (Å²) in [4.78, 5) is 10.1. The van der Waals surface area contributed by atoms with Crippen LogP contribution in [0.25, 0.3) is 0 Å². The summed E-state index contributed by atoms with van der Waals surface area (Å²) in [6, 6.07) is 0. The molecular formula is C7H15NO. The van der Waals surface area contributed by atoms with Gasteiger partial charge in [-0.2, -0.15) is 0 Å². The fourth-order valence-corrected chi connectivity index (χ4v) is 1.44. The van der Waals surface area contributed by atoms with Crippen molar-refractivity contribution in [2.75, 3.05) is 0 Å². The SMILES string of the molecule is CC1(NC=O)CCCC1.[HH]. The van der Waals surface area contributed by atoms with Crippen LogP contribution < -0.4 is 5.32 Å². The molecule has 0 saturated heterocycles. The van der Waals surface area contributed by atoms with Crippen molar-refractivity contribution in [3.63, 3.8) is 0 Å². The molecule has 0 aliphatic heterocycles. The quantitative estimate of drug-likeness (QED) is 0.559. The van der Waals surface area contributed by atoms with Crippen molar-refractivity contribution in [3.05, 3.63) is 0 Å². The maximum absolute atomic E-state index is 10.1. The van der Waals surface area contributed by atoms with Gasteiger partial charge in [-0.05, 0) is 19.8 Å². The second-order valence-electron chi connectivity index (χ2n) is 3.03. The third-order valence-electron chi connectivity index (χ3n) is 2.11. The van der Waals surface area contributed by atoms with Crippen LogP contribution in [0, 0.1) is 0 Å². The lowest BCUT2D eigenvalue weighted by atomic mass is 10.0. The Morgan fingerprint density at radius 1 is 1.56 bits per heavy atom. The molecule has 1 fully saturated rings. The molecule has 9 heavy (non-hydrogen) atoms. The third-order valence-corrected chi connectivity index (χ3v) is 2.11. The van der Waals surface area contributed by atoms with Gasteiger partial charge >= 0.3 is 0 Å². The Morgan fingerprint density at radius 2 is 2.11 bits per heavy atom. The predicted octanol–water partition coefficient (Wildman–Crippen LogP) is 1.31. The molecule has 0 spiro atoms. The molecule has 0 unspecified atom stereocenters. The fourth-order valence-electron chi connectivity index (χ4n) is 1.44. The normalized spacial score (nSPS) is 23.7. The summed E-state index contributed by atoms with van der Waals surface area (Å²) in [5, 5.41) is 2.84. The van der Waals surface area contributed by atoms with Gasteiger partial charge in [-0.3, -0.25) is 4.79 Å². The highest BCUT2D eigenvalue weighted by molar-refractivity contribution is 5.47. The topological polar surface area (TPSA) is 29.1 Å². The van der Waals surface area contributed by atoms with Crippen molar-refractivity contribution in [2.24, 2.45) is 0 Å². The lowest BCUT2D eigenvalue weighted by Gasteiger charge is -2.21. The van der Waals surface area contributed by atoms with Crippen molar-refractivity contribution < 1.29 is 6.22 Å². The first-order valence-electron chi connectivity index (χ1n) is 3.48. The molecule has 1 aliphatic rings. The zero-order valence-corrected chi connectivity index (χ0v) is 5.81. The molecule has 0 atom stereocenters. The van der Waals surface area contributed by atoms with E-state index in [2.05, 4.69) is 12.2 Å². The Balaban J connectivity index is 0.000000810. The number of carbonyl (C=O) groups is 1. The number of rotatable bonds is 2. The number of nitrogens with one attached hydrogen (secondary N) is 1. The van der Waals surface area contributed by atoms with Crippen molar-refractivity contribution in [3.8, 4) is 0 Å². The van der Waals surface area contributed by atoms with Crippen molar-refractivity contribution >= 4 is 6.41 Å². The van der Waals surface area contributed by atoms with E-state index >= 15 is 0 Å². The van der Waals surface area contributed by atoms with Gasteiger partial charge in [0.1, 0.15) is 0 Å². The van der Waals surface area contributed by atoms with Crippen LogP contribution in [0.3, 0.4) is 0 Å². The molecule has 2 heteroatoms. The van der Waals surface area contributed by atoms with E-state index in [9.17, 15) is 4.79 Å². The number of hydrogen-bond acceptors (Lipinski definition) is 1. The van der Waals surface area contributed by atoms with E-state index in [-0.39, 0.29) is 6.97 Å². The Kier molecular flexibility index (Phi) is 1.74. The molecule has 0 heterocycles. The molecule has 2 nitrogen and oxygen atoms in total. The van der Waals surface area contributed by atoms with Crippen LogP contribution in [0.15, 0.2) is 0 Å². The number of amides is 1. The van der Waals surface area contributed by atoms with Crippen LogP contribution >= 0.6 is 0 Å². The molecule has 1 saturated carbocycles. The highest BCUT2D eigenvalue weighted by Gasteiger charge is 2.26. The van der Waals surface area contributed by atoms with Crippen molar-refractivity contribution in [1.82, 2.24) is 5.32 Å². The van der Waals surface area contributed by atoms with E-state index in [1.54, 1.807) is 0 Å². The van der Waals surface area contributed by atoms with Crippen LogP contribution in [-0.2, 0) is 4.79 Å². The molecule has 0 aromatic rings. The van der Waals surface area contributed by atoms with Gasteiger partial charge in [0.2, 0.25) is 6.41 Å². The minimum absolute atomic E-state index is 0. The molecule has 1 N–H and O–H groups in total. The van der Waals surface area contributed by atoms with Crippen LogP contribution in [0.1, 0.15) is 34.0 Å². The van der Waals surface area contributed by atoms with Crippen LogP contribution in [0.5, 0.6) is 0 Å². The van der Waals surface area contributed by atoms with Gasteiger partial charge in [-0.15, -0.1) is 0 Å². The van der Waals surface area contributed by atoms with E-state index in [0.717, 1.165) is 19.3 Å². The summed E-state index contributed by atoms with van der Waals surface area (Å²) in [5.41, 5.74) is 0.127. The second kappa shape index (κ2) is 2.38. The van der Waals surface area contributed by atoms with Crippen LogP contribution in [0.2, 0.25) is 0 Å². The molecule has 0 radical (unpaired) electrons. The molecule has 0 bridgehead atoms. The Morgan fingerprint density at radius 3 is 2.56 bits per heavy atom. The third kappa shape index (κ3) is 1.44. The molecule has 1 amide bonds. The predicted molar refractivity (Wildman–Crippen MR) is 38.2 cm³/mol. The maximum Gasteiger partial charge on any atom is 0.207 e. The number of carbonyl (C=O) groups excluding carboxylic acids is 1. The zero-order chi connectivity index (χ0) is 6.74. The standard InChI is InChI=1S/C7H13NO.H2/c1-7(8-6-9)4-2-3-5-7;/h6H,2-5H2,1H3,(H,8,9);1H. The van der Waals surface area contributed by atoms with E-state index in [1.807, 2.05) is 0 Å². The highest BCUT2D eigenvalue weighted by Crippen LogP contribution is 2.27. The lowest BCUT2D eigenvalue weighted by molar-refractivity contribution is -0.111. The lowest BCUT2D eigenvalue weighted by Crippen LogP contribution is -2.38. The second-order valence-corrected chi connectivity index (χ2v) is 3.03. The first kappa shape index (κ1) is 6.59. The minimum atomic E-state index is 0. The van der Waals surface area contributed by atoms with E-state index in [4.69, 9.17) is 0 Å². The summed E-state index contributed by atoms with van der Waals surface area (Å²) in [6.07, 6.45) is 5.62. The van der Waals surface area contributed by atoms with E-state index < -0.39 is 0 Å². The summed E-state index contributed by atoms with van der Waals surface area (Å²) in [6.45, 7) is 2.11. The fraction of sp³-hybridized carbons (Fsp3) is 0.857. The summed E-state index contributed by atoms with van der Waals surface area (Å²) >= 11 is 0. The molecular weight excluding hydrogens is 114 g/mol. The first-order chi connectivity index (χ1) is 4.27. The van der Waals surface area contributed by atoms with Gasteiger partial charge in [-0.1, -0.05) is 12.8 Å². The summed E-state index contributed by atoms with van der Waals surface area (Å²) in [7, 11) is 0. The number of hydrogen-bond donors (Lipinski definition) is 1. The van der Waals surface area contributed by atoms with E-state index in [1.165, 1.54) is 12.8 Å². The van der Waals surface area contributed by atoms with Gasteiger partial charge in [0.25, 0.3) is 0 Å². The van der Waals surface area contributed by atoms with Gasteiger partial charge in [0.15, 0.2) is 0 Å². The minimum Gasteiger partial charge on any atom is -0.354 e. The molecule has 54 valence electrons. The maximum atomic E-state index is 10.1. The largest absolute Gasteiger partial charge is 0.354 e. The van der Waals surface area contributed by atoms with Crippen molar-refractivity contribution in [2.45, 2.75) is 38.1 Å². The highest BCUT2D eigenvalue weighted by atomic mass is 16.1. The summed E-state index contributed by atoms with van der Waals surface area (Å²) in [5.74, 6) is 0. The Hall–Kier alpha value is -0.530. The summed E-state index contributed by atoms with van der Waals surface area (Å²) < 4.78 is 0. The van der Waals surface area contributed by atoms with Crippen LogP contribution in [0.4, 0.5) is 0 Å². The Labute approximate surface area is 57.1 Å². The molecule has 0 aromatic carbocycles. The van der Waals surface area contributed by atoms with Gasteiger partial charge in [-0.25, -0.2) is 0 Å². The molecule has 1 aliphatic carbocycles. The van der Waals surface area contributed by atoms with Gasteiger partial charge in [0, 0.05) is 6.97 Å². The van der Waals surface area contributed by atoms with Gasteiger partial charge in [0.05, 0.1) is 0 Å². The average molecular weight is 129 g/mol. The van der Waals surface area contributed by atoms with Crippen LogP contribution in [-0.4, -0.2) is 11.9 Å². The smallest absolute Gasteiger partial charge is 0.207 e. The first-order valence-corrected chi connectivity index (χ1v) is 3.48. The van der Waals surface area contributed by atoms with Crippen molar-refractivity contribution in [1.29, 1.82) is 0 Å². The monoisotopic (exact) mass is 129 g/mol. The molecule has 0 aromatic heterocycles. The zero-order valence-electron chi connectivity index (χ0n) is 5.81.